The van der Waals surface area contributed by atoms with Gasteiger partial charge in [0, 0.05) is 23.9 Å². The number of hydrogen-bond donors (Lipinski definition) is 0. The van der Waals surface area contributed by atoms with Gasteiger partial charge in [0.25, 0.3) is 5.69 Å². The summed E-state index contributed by atoms with van der Waals surface area (Å²) >= 11 is 0. The quantitative estimate of drug-likeness (QED) is 0.440. The van der Waals surface area contributed by atoms with E-state index < -0.39 is 32.9 Å². The van der Waals surface area contributed by atoms with Crippen LogP contribution in [0.5, 0.6) is 5.75 Å². The first-order valence-corrected chi connectivity index (χ1v) is 10.3. The van der Waals surface area contributed by atoms with Crippen molar-refractivity contribution in [3.05, 3.63) is 58.6 Å². The Morgan fingerprint density at radius 3 is 2.18 bits per heavy atom. The molecule has 0 aromatic heterocycles. The van der Waals surface area contributed by atoms with Crippen molar-refractivity contribution in [2.75, 3.05) is 28.4 Å². The molecule has 146 valence electrons. The zero-order valence-corrected chi connectivity index (χ0v) is 15.7. The monoisotopic (exact) mass is 403 g/mol. The first-order chi connectivity index (χ1) is 13.3. The Bertz CT molecular complexity index is 1070. The maximum Gasteiger partial charge on any atom is 0.329 e. The second-order valence-corrected chi connectivity index (χ2v) is 8.87. The van der Waals surface area contributed by atoms with Crippen molar-refractivity contribution in [2.45, 2.75) is 12.1 Å². The van der Waals surface area contributed by atoms with Crippen LogP contribution in [0.4, 0.5) is 21.9 Å². The van der Waals surface area contributed by atoms with Crippen LogP contribution < -0.4 is 14.5 Å². The number of carbonyl (C=O) groups excluding carboxylic acids is 1. The van der Waals surface area contributed by atoms with Gasteiger partial charge in [0.15, 0.2) is 9.84 Å². The smallest absolute Gasteiger partial charge is 0.329 e. The normalized spacial score (nSPS) is 23.0. The lowest BCUT2D eigenvalue weighted by molar-refractivity contribution is -0.384. The molecule has 2 unspecified atom stereocenters. The van der Waals surface area contributed by atoms with Gasteiger partial charge in [0.1, 0.15) is 5.75 Å². The first-order valence-electron chi connectivity index (χ1n) is 8.52. The Labute approximate surface area is 161 Å². The molecule has 0 bridgehead atoms. The molecule has 0 radical (unpaired) electrons. The number of nitrogens with zero attached hydrogens (tertiary/aromatic N) is 3. The molecular formula is C18H17N3O6S. The van der Waals surface area contributed by atoms with E-state index in [-0.39, 0.29) is 17.2 Å². The lowest BCUT2D eigenvalue weighted by Crippen LogP contribution is -2.37. The lowest BCUT2D eigenvalue weighted by atomic mass is 10.1. The number of carbonyl (C=O) groups is 1. The van der Waals surface area contributed by atoms with E-state index in [2.05, 4.69) is 0 Å². The summed E-state index contributed by atoms with van der Waals surface area (Å²) in [5, 5.41) is 11.1. The number of ether oxygens (including phenoxy) is 1. The fourth-order valence-electron chi connectivity index (χ4n) is 3.82. The Morgan fingerprint density at radius 2 is 1.61 bits per heavy atom. The Kier molecular flexibility index (Phi) is 4.22. The average molecular weight is 403 g/mol. The molecule has 0 N–H and O–H groups in total. The number of non-ortho nitro benzene ring substituents is 1. The summed E-state index contributed by atoms with van der Waals surface area (Å²) in [5.74, 6) is 0.190. The number of amides is 2. The molecule has 2 aromatic rings. The van der Waals surface area contributed by atoms with Crippen LogP contribution in [-0.4, -0.2) is 50.1 Å². The molecule has 10 heteroatoms. The molecule has 28 heavy (non-hydrogen) atoms. The molecule has 2 saturated heterocycles. The highest BCUT2D eigenvalue weighted by molar-refractivity contribution is 7.91. The first kappa shape index (κ1) is 18.2. The van der Waals surface area contributed by atoms with Crippen molar-refractivity contribution in [1.82, 2.24) is 0 Å². The summed E-state index contributed by atoms with van der Waals surface area (Å²) in [6.45, 7) is 0. The van der Waals surface area contributed by atoms with Gasteiger partial charge in [-0.1, -0.05) is 12.1 Å². The third kappa shape index (κ3) is 2.95. The van der Waals surface area contributed by atoms with Crippen LogP contribution in [-0.2, 0) is 9.84 Å². The molecule has 2 aliphatic rings. The van der Waals surface area contributed by atoms with Crippen LogP contribution in [0, 0.1) is 10.1 Å². The third-order valence-electron chi connectivity index (χ3n) is 5.02. The standard InChI is InChI=1S/C18H17N3O6S/c1-27-15-7-3-5-13(9-15)20-17-11-28(25,26)10-16(17)19(18(20)22)12-4-2-6-14(8-12)21(23)24/h2-9,16-17H,10-11H2,1H3. The molecule has 0 saturated carbocycles. The molecule has 0 aliphatic carbocycles. The number of methoxy groups -OCH3 is 1. The van der Waals surface area contributed by atoms with Crippen molar-refractivity contribution in [2.24, 2.45) is 0 Å². The predicted octanol–water partition coefficient (Wildman–Crippen LogP) is 2.22. The minimum atomic E-state index is -3.35. The maximum atomic E-state index is 13.3. The second kappa shape index (κ2) is 6.48. The molecule has 9 nitrogen and oxygen atoms in total. The van der Waals surface area contributed by atoms with Crippen LogP contribution >= 0.6 is 0 Å². The van der Waals surface area contributed by atoms with Gasteiger partial charge < -0.3 is 4.74 Å². The average Bonchev–Trinajstić information content (AvgIpc) is 3.10. The van der Waals surface area contributed by atoms with Crippen molar-refractivity contribution in [1.29, 1.82) is 0 Å². The predicted molar refractivity (Wildman–Crippen MR) is 103 cm³/mol. The molecule has 2 heterocycles. The Balaban J connectivity index is 1.81. The van der Waals surface area contributed by atoms with Gasteiger partial charge in [-0.15, -0.1) is 0 Å². The number of hydrogen-bond acceptors (Lipinski definition) is 6. The van der Waals surface area contributed by atoms with Crippen LogP contribution in [0.1, 0.15) is 0 Å². The van der Waals surface area contributed by atoms with Gasteiger partial charge in [0.05, 0.1) is 41.3 Å². The molecule has 2 atom stereocenters. The second-order valence-electron chi connectivity index (χ2n) is 6.71. The SMILES string of the molecule is COc1cccc(N2C(=O)N(c3cccc([N+](=O)[O-])c3)C3CS(=O)(=O)CC32)c1. The van der Waals surface area contributed by atoms with Crippen LogP contribution in [0.25, 0.3) is 0 Å². The lowest BCUT2D eigenvalue weighted by Gasteiger charge is -2.23. The largest absolute Gasteiger partial charge is 0.497 e. The molecular weight excluding hydrogens is 386 g/mol. The van der Waals surface area contributed by atoms with Gasteiger partial charge >= 0.3 is 6.03 Å². The molecule has 0 spiro atoms. The molecule has 2 fully saturated rings. The molecule has 2 amide bonds. The minimum absolute atomic E-state index is 0.161. The van der Waals surface area contributed by atoms with Gasteiger partial charge in [-0.3, -0.25) is 19.9 Å². The highest BCUT2D eigenvalue weighted by Gasteiger charge is 2.54. The fraction of sp³-hybridized carbons (Fsp3) is 0.278. The van der Waals surface area contributed by atoms with Crippen molar-refractivity contribution >= 4 is 32.9 Å². The van der Waals surface area contributed by atoms with E-state index in [9.17, 15) is 23.3 Å². The fourth-order valence-corrected chi connectivity index (χ4v) is 5.74. The summed E-state index contributed by atoms with van der Waals surface area (Å²) in [7, 11) is -1.85. The number of fused-ring (bicyclic) bond motifs is 1. The summed E-state index contributed by atoms with van der Waals surface area (Å²) in [6, 6.07) is 10.9. The number of nitro groups is 1. The van der Waals surface area contributed by atoms with Crippen molar-refractivity contribution < 1.29 is 22.9 Å². The molecule has 2 aromatic carbocycles. The number of sulfone groups is 1. The van der Waals surface area contributed by atoms with E-state index in [4.69, 9.17) is 4.74 Å². The van der Waals surface area contributed by atoms with Gasteiger partial charge in [-0.25, -0.2) is 13.2 Å². The Morgan fingerprint density at radius 1 is 1.04 bits per heavy atom. The third-order valence-corrected chi connectivity index (χ3v) is 6.72. The molecule has 4 rings (SSSR count). The zero-order chi connectivity index (χ0) is 20.1. The van der Waals surface area contributed by atoms with Gasteiger partial charge in [0.2, 0.25) is 0 Å². The number of rotatable bonds is 4. The number of nitro benzene ring substituents is 1. The van der Waals surface area contributed by atoms with E-state index in [1.165, 1.54) is 35.1 Å². The van der Waals surface area contributed by atoms with Crippen LogP contribution in [0.3, 0.4) is 0 Å². The van der Waals surface area contributed by atoms with E-state index >= 15 is 0 Å². The maximum absolute atomic E-state index is 13.3. The summed E-state index contributed by atoms with van der Waals surface area (Å²) in [4.78, 5) is 26.6. The zero-order valence-electron chi connectivity index (χ0n) is 14.9. The topological polar surface area (TPSA) is 110 Å². The summed E-state index contributed by atoms with van der Waals surface area (Å²) in [6.07, 6.45) is 0. The minimum Gasteiger partial charge on any atom is -0.497 e. The number of urea groups is 1. The highest BCUT2D eigenvalue weighted by Crippen LogP contribution is 2.39. The van der Waals surface area contributed by atoms with E-state index in [1.54, 1.807) is 30.3 Å². The highest BCUT2D eigenvalue weighted by atomic mass is 32.2. The molecule has 2 aliphatic heterocycles. The summed E-state index contributed by atoms with van der Waals surface area (Å²) < 4.78 is 29.8. The van der Waals surface area contributed by atoms with Crippen molar-refractivity contribution in [3.63, 3.8) is 0 Å². The summed E-state index contributed by atoms with van der Waals surface area (Å²) in [5.41, 5.74) is 0.656. The number of benzene rings is 2. The van der Waals surface area contributed by atoms with Crippen molar-refractivity contribution in [3.8, 4) is 5.75 Å². The van der Waals surface area contributed by atoms with Crippen LogP contribution in [0.2, 0.25) is 0 Å². The van der Waals surface area contributed by atoms with E-state index in [1.807, 2.05) is 0 Å². The van der Waals surface area contributed by atoms with Gasteiger partial charge in [-0.2, -0.15) is 0 Å². The Hall–Kier alpha value is -3.14. The number of anilines is 2. The van der Waals surface area contributed by atoms with E-state index in [0.29, 0.717) is 17.1 Å². The van der Waals surface area contributed by atoms with E-state index in [0.717, 1.165) is 0 Å². The van der Waals surface area contributed by atoms with Gasteiger partial charge in [-0.05, 0) is 18.2 Å². The van der Waals surface area contributed by atoms with Crippen LogP contribution in [0.15, 0.2) is 48.5 Å².